The first-order valence-electron chi connectivity index (χ1n) is 6.66. The molecule has 1 aliphatic rings. The van der Waals surface area contributed by atoms with Crippen LogP contribution in [-0.4, -0.2) is 11.4 Å². The van der Waals surface area contributed by atoms with Gasteiger partial charge in [-0.15, -0.1) is 0 Å². The lowest BCUT2D eigenvalue weighted by atomic mass is 9.97. The maximum Gasteiger partial charge on any atom is 0.163 e. The van der Waals surface area contributed by atoms with Crippen molar-refractivity contribution in [2.24, 2.45) is 0 Å². The topological polar surface area (TPSA) is 29.3 Å². The number of benzene rings is 2. The van der Waals surface area contributed by atoms with Gasteiger partial charge in [0.2, 0.25) is 0 Å². The summed E-state index contributed by atoms with van der Waals surface area (Å²) in [5, 5.41) is 0. The van der Waals surface area contributed by atoms with Crippen molar-refractivity contribution in [3.8, 4) is 0 Å². The van der Waals surface area contributed by atoms with Crippen molar-refractivity contribution in [3.05, 3.63) is 64.7 Å². The third kappa shape index (κ3) is 2.39. The van der Waals surface area contributed by atoms with Crippen LogP contribution < -0.4 is 5.73 Å². The minimum Gasteiger partial charge on any atom is -0.398 e. The van der Waals surface area contributed by atoms with E-state index in [0.29, 0.717) is 12.1 Å². The molecule has 0 saturated carbocycles. The lowest BCUT2D eigenvalue weighted by molar-refractivity contribution is 0.241. The van der Waals surface area contributed by atoms with Crippen molar-refractivity contribution in [3.63, 3.8) is 0 Å². The number of halogens is 2. The first kappa shape index (κ1) is 13.1. The summed E-state index contributed by atoms with van der Waals surface area (Å²) in [6.07, 6.45) is 0.846. The molecule has 2 nitrogen and oxygen atoms in total. The molecule has 0 unspecified atom stereocenters. The highest BCUT2D eigenvalue weighted by Crippen LogP contribution is 2.25. The molecule has 0 fully saturated rings. The van der Waals surface area contributed by atoms with Gasteiger partial charge in [0.1, 0.15) is 0 Å². The van der Waals surface area contributed by atoms with Crippen LogP contribution in [0.15, 0.2) is 36.4 Å². The largest absolute Gasteiger partial charge is 0.398 e. The maximum absolute atomic E-state index is 13.7. The molecule has 0 spiro atoms. The fourth-order valence-electron chi connectivity index (χ4n) is 2.74. The zero-order valence-electron chi connectivity index (χ0n) is 11.1. The normalized spacial score (nSPS) is 15.1. The Kier molecular flexibility index (Phi) is 3.40. The summed E-state index contributed by atoms with van der Waals surface area (Å²) in [5.41, 5.74) is 9.53. The average molecular weight is 274 g/mol. The smallest absolute Gasteiger partial charge is 0.163 e. The Hall–Kier alpha value is -1.94. The van der Waals surface area contributed by atoms with E-state index in [1.165, 1.54) is 11.1 Å². The Bertz CT molecular complexity index is 640. The van der Waals surface area contributed by atoms with Gasteiger partial charge in [0.25, 0.3) is 0 Å². The van der Waals surface area contributed by atoms with E-state index in [1.807, 2.05) is 18.2 Å². The zero-order valence-corrected chi connectivity index (χ0v) is 11.1. The second kappa shape index (κ2) is 5.21. The number of nitrogens with zero attached hydrogens (tertiary/aromatic N) is 1. The van der Waals surface area contributed by atoms with E-state index in [4.69, 9.17) is 5.73 Å². The molecule has 1 aliphatic heterocycles. The van der Waals surface area contributed by atoms with Gasteiger partial charge < -0.3 is 5.73 Å². The van der Waals surface area contributed by atoms with Gasteiger partial charge in [-0.05, 0) is 29.7 Å². The summed E-state index contributed by atoms with van der Waals surface area (Å²) >= 11 is 0. The van der Waals surface area contributed by atoms with E-state index in [1.54, 1.807) is 12.1 Å². The van der Waals surface area contributed by atoms with E-state index in [0.717, 1.165) is 31.3 Å². The molecule has 1 heterocycles. The molecule has 104 valence electrons. The van der Waals surface area contributed by atoms with Gasteiger partial charge in [-0.3, -0.25) is 4.90 Å². The van der Waals surface area contributed by atoms with Crippen LogP contribution in [0, 0.1) is 11.6 Å². The third-order valence-electron chi connectivity index (χ3n) is 3.81. The van der Waals surface area contributed by atoms with E-state index in [-0.39, 0.29) is 0 Å². The van der Waals surface area contributed by atoms with Crippen molar-refractivity contribution in [2.75, 3.05) is 12.3 Å². The second-order valence-electron chi connectivity index (χ2n) is 5.16. The van der Waals surface area contributed by atoms with Crippen molar-refractivity contribution in [1.82, 2.24) is 4.90 Å². The van der Waals surface area contributed by atoms with Crippen molar-refractivity contribution < 1.29 is 8.78 Å². The highest BCUT2D eigenvalue weighted by Gasteiger charge is 2.19. The van der Waals surface area contributed by atoms with Crippen LogP contribution in [0.2, 0.25) is 0 Å². The monoisotopic (exact) mass is 274 g/mol. The highest BCUT2D eigenvalue weighted by molar-refractivity contribution is 5.51. The second-order valence-corrected chi connectivity index (χ2v) is 5.16. The van der Waals surface area contributed by atoms with Gasteiger partial charge in [-0.25, -0.2) is 8.78 Å². The number of anilines is 1. The van der Waals surface area contributed by atoms with Crippen LogP contribution in [0.3, 0.4) is 0 Å². The summed E-state index contributed by atoms with van der Waals surface area (Å²) in [6, 6.07) is 10.2. The Balaban J connectivity index is 1.79. The van der Waals surface area contributed by atoms with Crippen LogP contribution >= 0.6 is 0 Å². The number of nitrogen functional groups attached to an aromatic ring is 1. The molecule has 3 rings (SSSR count). The maximum atomic E-state index is 13.7. The summed E-state index contributed by atoms with van der Waals surface area (Å²) in [7, 11) is 0. The molecule has 0 saturated heterocycles. The first-order valence-corrected chi connectivity index (χ1v) is 6.66. The molecular weight excluding hydrogens is 258 g/mol. The molecule has 2 aromatic rings. The minimum atomic E-state index is -0.788. The van der Waals surface area contributed by atoms with Crippen LogP contribution in [0.25, 0.3) is 0 Å². The molecule has 0 aliphatic carbocycles. The molecule has 2 N–H and O–H groups in total. The van der Waals surface area contributed by atoms with E-state index in [2.05, 4.69) is 4.90 Å². The zero-order chi connectivity index (χ0) is 14.1. The number of nitrogens with two attached hydrogens (primary N) is 1. The van der Waals surface area contributed by atoms with Gasteiger partial charge in [0.15, 0.2) is 11.6 Å². The van der Waals surface area contributed by atoms with Crippen LogP contribution in [0.1, 0.15) is 16.7 Å². The molecule has 20 heavy (non-hydrogen) atoms. The standard InChI is InChI=1S/C16H16F2N2/c17-14-5-1-4-12(16(14)18)10-20-8-7-13-11(9-20)3-2-6-15(13)19/h1-6H,7-10,19H2. The van der Waals surface area contributed by atoms with Gasteiger partial charge >= 0.3 is 0 Å². The van der Waals surface area contributed by atoms with E-state index < -0.39 is 11.6 Å². The van der Waals surface area contributed by atoms with Gasteiger partial charge in [-0.2, -0.15) is 0 Å². The predicted molar refractivity (Wildman–Crippen MR) is 75.0 cm³/mol. The van der Waals surface area contributed by atoms with E-state index >= 15 is 0 Å². The SMILES string of the molecule is Nc1cccc2c1CCN(Cc1cccc(F)c1F)C2. The Morgan fingerprint density at radius 3 is 2.75 bits per heavy atom. The molecule has 0 radical (unpaired) electrons. The first-order chi connectivity index (χ1) is 9.65. The van der Waals surface area contributed by atoms with Crippen molar-refractivity contribution in [1.29, 1.82) is 0 Å². The van der Waals surface area contributed by atoms with Crippen LogP contribution in [0.4, 0.5) is 14.5 Å². The molecule has 0 aromatic heterocycles. The Labute approximate surface area is 116 Å². The summed E-state index contributed by atoms with van der Waals surface area (Å²) in [6.45, 7) is 1.94. The van der Waals surface area contributed by atoms with Gasteiger partial charge in [-0.1, -0.05) is 24.3 Å². The van der Waals surface area contributed by atoms with Crippen LogP contribution in [-0.2, 0) is 19.5 Å². The highest BCUT2D eigenvalue weighted by atomic mass is 19.2. The molecule has 0 amide bonds. The quantitative estimate of drug-likeness (QED) is 0.853. The van der Waals surface area contributed by atoms with Crippen molar-refractivity contribution in [2.45, 2.75) is 19.5 Å². The molecule has 0 bridgehead atoms. The average Bonchev–Trinajstić information content (AvgIpc) is 2.44. The summed E-state index contributed by atoms with van der Waals surface area (Å²) < 4.78 is 26.9. The lowest BCUT2D eigenvalue weighted by Gasteiger charge is -2.29. The minimum absolute atomic E-state index is 0.400. The summed E-state index contributed by atoms with van der Waals surface area (Å²) in [5.74, 6) is -1.53. The number of rotatable bonds is 2. The number of fused-ring (bicyclic) bond motifs is 1. The summed E-state index contributed by atoms with van der Waals surface area (Å²) in [4.78, 5) is 2.11. The van der Waals surface area contributed by atoms with Crippen LogP contribution in [0.5, 0.6) is 0 Å². The number of hydrogen-bond acceptors (Lipinski definition) is 2. The molecule has 2 aromatic carbocycles. The Morgan fingerprint density at radius 1 is 1.10 bits per heavy atom. The van der Waals surface area contributed by atoms with E-state index in [9.17, 15) is 8.78 Å². The molecule has 0 atom stereocenters. The lowest BCUT2D eigenvalue weighted by Crippen LogP contribution is -2.30. The molecule has 4 heteroatoms. The third-order valence-corrected chi connectivity index (χ3v) is 3.81. The predicted octanol–water partition coefficient (Wildman–Crippen LogP) is 3.11. The molecular formula is C16H16F2N2. The number of hydrogen-bond donors (Lipinski definition) is 1. The Morgan fingerprint density at radius 2 is 1.90 bits per heavy atom. The van der Waals surface area contributed by atoms with Gasteiger partial charge in [0.05, 0.1) is 0 Å². The van der Waals surface area contributed by atoms with Crippen molar-refractivity contribution >= 4 is 5.69 Å². The fourth-order valence-corrected chi connectivity index (χ4v) is 2.74. The fraction of sp³-hybridized carbons (Fsp3) is 0.250. The van der Waals surface area contributed by atoms with Gasteiger partial charge in [0, 0.05) is 30.9 Å².